The number of fused-ring (bicyclic) bond motifs is 5. The fourth-order valence-electron chi connectivity index (χ4n) is 4.68. The van der Waals surface area contributed by atoms with E-state index < -0.39 is 59.3 Å². The minimum absolute atomic E-state index is 0.0313. The van der Waals surface area contributed by atoms with Gasteiger partial charge in [-0.2, -0.15) is 0 Å². The minimum Gasteiger partial charge on any atom is -0.455 e. The molecule has 0 radical (unpaired) electrons. The molecule has 28 heavy (non-hydrogen) atoms. The Morgan fingerprint density at radius 2 is 2.00 bits per heavy atom. The van der Waals surface area contributed by atoms with Crippen LogP contribution in [0.1, 0.15) is 27.7 Å². The van der Waals surface area contributed by atoms with Crippen LogP contribution < -0.4 is 0 Å². The van der Waals surface area contributed by atoms with E-state index in [1.165, 1.54) is 6.92 Å². The molecule has 2 N–H and O–H groups in total. The van der Waals surface area contributed by atoms with Crippen molar-refractivity contribution in [2.24, 2.45) is 5.92 Å². The summed E-state index contributed by atoms with van der Waals surface area (Å²) in [4.78, 5) is 37.4. The Bertz CT molecular complexity index is 898. The summed E-state index contributed by atoms with van der Waals surface area (Å²) in [6.07, 6.45) is -3.29. The van der Waals surface area contributed by atoms with Gasteiger partial charge in [-0.25, -0.2) is 9.59 Å². The van der Waals surface area contributed by atoms with Crippen molar-refractivity contribution in [3.05, 3.63) is 34.9 Å². The van der Waals surface area contributed by atoms with Crippen molar-refractivity contribution in [2.45, 2.75) is 63.3 Å². The van der Waals surface area contributed by atoms with Gasteiger partial charge in [0.1, 0.15) is 17.8 Å². The quantitative estimate of drug-likeness (QED) is 0.387. The second kappa shape index (κ2) is 5.62. The van der Waals surface area contributed by atoms with Crippen LogP contribution in [0.4, 0.5) is 0 Å². The van der Waals surface area contributed by atoms with E-state index in [4.69, 9.17) is 14.2 Å². The van der Waals surface area contributed by atoms with Gasteiger partial charge in [0.2, 0.25) is 0 Å². The molecule has 2 unspecified atom stereocenters. The predicted octanol–water partition coefficient (Wildman–Crippen LogP) is 0.124. The molecule has 2 saturated heterocycles. The van der Waals surface area contributed by atoms with Gasteiger partial charge in [-0.15, -0.1) is 0 Å². The second-order valence-electron chi connectivity index (χ2n) is 7.96. The lowest BCUT2D eigenvalue weighted by Gasteiger charge is -2.36. The third-order valence-corrected chi connectivity index (χ3v) is 6.55. The third-order valence-electron chi connectivity index (χ3n) is 6.55. The monoisotopic (exact) mass is 390 g/mol. The van der Waals surface area contributed by atoms with E-state index in [9.17, 15) is 24.6 Å². The molecule has 7 atom stereocenters. The largest absolute Gasteiger partial charge is 0.455 e. The van der Waals surface area contributed by atoms with E-state index in [0.29, 0.717) is 5.57 Å². The van der Waals surface area contributed by atoms with Crippen LogP contribution in [0, 0.1) is 5.92 Å². The standard InChI is InChI=1S/C20H22O8/c1-6-7(2)17(23)26-14-9(4)11-13(22)16-19(5,28-16)20(11,25)15-10(12(14)21)8(3)18(24)27-15/h6,10,12,14-16,21,25H,3H2,1-2,4-5H3/b7-6-/t10-,12-,14-,15+,16?,19?,20-/m1/s1. The molecule has 0 amide bonds. The molecule has 2 aliphatic heterocycles. The summed E-state index contributed by atoms with van der Waals surface area (Å²) in [5, 5.41) is 22.7. The summed E-state index contributed by atoms with van der Waals surface area (Å²) in [6, 6.07) is 0. The normalized spacial score (nSPS) is 44.6. The van der Waals surface area contributed by atoms with Crippen molar-refractivity contribution in [3.63, 3.8) is 0 Å². The smallest absolute Gasteiger partial charge is 0.334 e. The lowest BCUT2D eigenvalue weighted by Crippen LogP contribution is -2.56. The number of carbonyl (C=O) groups excluding carboxylic acids is 3. The molecule has 0 aromatic rings. The Balaban J connectivity index is 1.90. The van der Waals surface area contributed by atoms with Crippen LogP contribution in [0.25, 0.3) is 0 Å². The number of aliphatic hydroxyl groups is 2. The van der Waals surface area contributed by atoms with Crippen molar-refractivity contribution >= 4 is 17.7 Å². The van der Waals surface area contributed by atoms with Crippen molar-refractivity contribution in [3.8, 4) is 0 Å². The van der Waals surface area contributed by atoms with Gasteiger partial charge in [0.15, 0.2) is 23.6 Å². The maximum absolute atomic E-state index is 12.9. The molecular weight excluding hydrogens is 368 g/mol. The fraction of sp³-hybridized carbons (Fsp3) is 0.550. The molecule has 0 aromatic heterocycles. The average Bonchev–Trinajstić information content (AvgIpc) is 3.23. The van der Waals surface area contributed by atoms with E-state index in [-0.39, 0.29) is 16.7 Å². The molecule has 4 rings (SSSR count). The minimum atomic E-state index is -1.98. The predicted molar refractivity (Wildman–Crippen MR) is 93.8 cm³/mol. The number of esters is 2. The average molecular weight is 390 g/mol. The zero-order chi connectivity index (χ0) is 20.8. The highest BCUT2D eigenvalue weighted by Gasteiger charge is 2.82. The maximum atomic E-state index is 12.9. The first-order chi connectivity index (χ1) is 13.0. The summed E-state index contributed by atoms with van der Waals surface area (Å²) < 4.78 is 16.3. The van der Waals surface area contributed by atoms with Gasteiger partial charge in [-0.1, -0.05) is 12.7 Å². The Hall–Kier alpha value is -2.29. The SMILES string of the molecule is C=C1C(=O)O[C@H]2[C@H]1[C@@H](O)[C@H](OC(=O)/C(C)=C\C)C(C)=C1C(=O)C3OC3(C)[C@@]12O. The Morgan fingerprint density at radius 3 is 2.61 bits per heavy atom. The molecule has 1 saturated carbocycles. The number of ether oxygens (including phenoxy) is 3. The number of hydrogen-bond donors (Lipinski definition) is 2. The lowest BCUT2D eigenvalue weighted by molar-refractivity contribution is -0.162. The highest BCUT2D eigenvalue weighted by atomic mass is 16.6. The topological polar surface area (TPSA) is 123 Å². The Morgan fingerprint density at radius 1 is 1.36 bits per heavy atom. The van der Waals surface area contributed by atoms with Crippen LogP contribution in [0.15, 0.2) is 34.9 Å². The van der Waals surface area contributed by atoms with E-state index in [1.54, 1.807) is 26.8 Å². The molecule has 0 spiro atoms. The number of hydrogen-bond acceptors (Lipinski definition) is 8. The third kappa shape index (κ3) is 2.02. The molecule has 2 aliphatic carbocycles. The molecule has 2 heterocycles. The van der Waals surface area contributed by atoms with Crippen LogP contribution in [0.5, 0.6) is 0 Å². The summed E-state index contributed by atoms with van der Waals surface area (Å²) in [7, 11) is 0. The molecule has 0 bridgehead atoms. The fourth-order valence-corrected chi connectivity index (χ4v) is 4.68. The van der Waals surface area contributed by atoms with Crippen LogP contribution in [-0.2, 0) is 28.6 Å². The number of carbonyl (C=O) groups is 3. The van der Waals surface area contributed by atoms with Gasteiger partial charge in [0.25, 0.3) is 0 Å². The van der Waals surface area contributed by atoms with E-state index in [0.717, 1.165) is 0 Å². The molecule has 3 fully saturated rings. The number of aliphatic hydroxyl groups excluding tert-OH is 1. The van der Waals surface area contributed by atoms with E-state index in [1.807, 2.05) is 0 Å². The van der Waals surface area contributed by atoms with Crippen LogP contribution >= 0.6 is 0 Å². The van der Waals surface area contributed by atoms with Gasteiger partial charge in [0, 0.05) is 16.7 Å². The molecule has 0 aromatic carbocycles. The van der Waals surface area contributed by atoms with Gasteiger partial charge >= 0.3 is 11.9 Å². The summed E-state index contributed by atoms with van der Waals surface area (Å²) >= 11 is 0. The summed E-state index contributed by atoms with van der Waals surface area (Å²) in [5.74, 6) is -2.99. The van der Waals surface area contributed by atoms with Gasteiger partial charge < -0.3 is 24.4 Å². The van der Waals surface area contributed by atoms with E-state index in [2.05, 4.69) is 6.58 Å². The van der Waals surface area contributed by atoms with Gasteiger partial charge in [0.05, 0.1) is 5.92 Å². The number of ketones is 1. The van der Waals surface area contributed by atoms with Gasteiger partial charge in [-0.3, -0.25) is 4.79 Å². The zero-order valence-corrected chi connectivity index (χ0v) is 16.0. The van der Waals surface area contributed by atoms with Crippen molar-refractivity contribution in [2.75, 3.05) is 0 Å². The molecular formula is C20H22O8. The van der Waals surface area contributed by atoms with Crippen molar-refractivity contribution in [1.82, 2.24) is 0 Å². The molecule has 8 nitrogen and oxygen atoms in total. The molecule has 150 valence electrons. The molecule has 4 aliphatic rings. The number of epoxide rings is 1. The Labute approximate surface area is 161 Å². The maximum Gasteiger partial charge on any atom is 0.334 e. The van der Waals surface area contributed by atoms with Crippen LogP contribution in [0.2, 0.25) is 0 Å². The van der Waals surface area contributed by atoms with Crippen molar-refractivity contribution in [1.29, 1.82) is 0 Å². The number of rotatable bonds is 2. The summed E-state index contributed by atoms with van der Waals surface area (Å²) in [5.41, 5.74) is -2.81. The zero-order valence-electron chi connectivity index (χ0n) is 16.0. The summed E-state index contributed by atoms with van der Waals surface area (Å²) in [6.45, 7) is 9.98. The lowest BCUT2D eigenvalue weighted by atomic mass is 9.76. The van der Waals surface area contributed by atoms with Crippen molar-refractivity contribution < 1.29 is 38.8 Å². The van der Waals surface area contributed by atoms with Gasteiger partial charge in [-0.05, 0) is 33.3 Å². The van der Waals surface area contributed by atoms with E-state index >= 15 is 0 Å². The first-order valence-corrected chi connectivity index (χ1v) is 9.08. The van der Waals surface area contributed by atoms with Crippen LogP contribution in [-0.4, -0.2) is 63.6 Å². The van der Waals surface area contributed by atoms with Crippen LogP contribution in [0.3, 0.4) is 0 Å². The first-order valence-electron chi connectivity index (χ1n) is 9.08. The molecule has 8 heteroatoms. The first kappa shape index (κ1) is 19.0. The highest BCUT2D eigenvalue weighted by molar-refractivity contribution is 6.09. The number of allylic oxidation sites excluding steroid dienone is 1. The second-order valence-corrected chi connectivity index (χ2v) is 7.96. The number of Topliss-reactive ketones (excluding diaryl/α,β-unsaturated/α-hetero) is 1. The highest BCUT2D eigenvalue weighted by Crippen LogP contribution is 2.62. The Kier molecular flexibility index (Phi) is 3.82.